The molecule has 2 aromatic heterocycles. The summed E-state index contributed by atoms with van der Waals surface area (Å²) in [7, 11) is 0. The molecule has 0 spiro atoms. The Morgan fingerprint density at radius 2 is 1.96 bits per heavy atom. The number of rotatable bonds is 3. The summed E-state index contributed by atoms with van der Waals surface area (Å²) in [6.07, 6.45) is 1.62. The van der Waals surface area contributed by atoms with Gasteiger partial charge in [-0.1, -0.05) is 23.7 Å². The fourth-order valence-electron chi connectivity index (χ4n) is 2.43. The molecular weight excluding hydrogens is 317 g/mol. The van der Waals surface area contributed by atoms with Crippen molar-refractivity contribution >= 4 is 34.1 Å². The van der Waals surface area contributed by atoms with E-state index < -0.39 is 0 Å². The minimum atomic E-state index is -0.255. The standard InChI is InChI=1S/C16H11ClFN5/c17-11-3-6-13-14(7-11)23-9-20-22-16(23)15(21-13)19-8-10-1-4-12(18)5-2-10/h1-7,9H,8H2,(H,19,21). The Labute approximate surface area is 135 Å². The Hall–Kier alpha value is -2.73. The number of nitrogens with one attached hydrogen (secondary N) is 1. The van der Waals surface area contributed by atoms with E-state index in [1.165, 1.54) is 12.1 Å². The second-order valence-electron chi connectivity index (χ2n) is 5.10. The highest BCUT2D eigenvalue weighted by atomic mass is 35.5. The van der Waals surface area contributed by atoms with E-state index in [-0.39, 0.29) is 5.82 Å². The van der Waals surface area contributed by atoms with Gasteiger partial charge in [0.25, 0.3) is 0 Å². The van der Waals surface area contributed by atoms with Gasteiger partial charge in [0, 0.05) is 11.6 Å². The van der Waals surface area contributed by atoms with Gasteiger partial charge in [-0.05, 0) is 35.9 Å². The lowest BCUT2D eigenvalue weighted by Gasteiger charge is -2.09. The molecule has 0 saturated heterocycles. The van der Waals surface area contributed by atoms with Gasteiger partial charge >= 0.3 is 0 Å². The number of fused-ring (bicyclic) bond motifs is 3. The molecule has 0 fully saturated rings. The number of hydrogen-bond donors (Lipinski definition) is 1. The summed E-state index contributed by atoms with van der Waals surface area (Å²) in [5.41, 5.74) is 3.18. The zero-order valence-electron chi connectivity index (χ0n) is 11.9. The van der Waals surface area contributed by atoms with Crippen LogP contribution in [-0.2, 0) is 6.54 Å². The maximum absolute atomic E-state index is 13.0. The lowest BCUT2D eigenvalue weighted by molar-refractivity contribution is 0.627. The number of aromatic nitrogens is 4. The van der Waals surface area contributed by atoms with Gasteiger partial charge in [0.15, 0.2) is 5.82 Å². The zero-order valence-corrected chi connectivity index (χ0v) is 12.6. The van der Waals surface area contributed by atoms with E-state index in [2.05, 4.69) is 20.5 Å². The lowest BCUT2D eigenvalue weighted by atomic mass is 10.2. The Bertz CT molecular complexity index is 997. The first-order valence-corrected chi connectivity index (χ1v) is 7.36. The van der Waals surface area contributed by atoms with Crippen LogP contribution in [0.4, 0.5) is 10.2 Å². The Kier molecular flexibility index (Phi) is 3.31. The first kappa shape index (κ1) is 13.9. The molecule has 5 nitrogen and oxygen atoms in total. The van der Waals surface area contributed by atoms with E-state index in [9.17, 15) is 4.39 Å². The van der Waals surface area contributed by atoms with E-state index in [1.54, 1.807) is 24.5 Å². The van der Waals surface area contributed by atoms with Gasteiger partial charge in [0.05, 0.1) is 11.0 Å². The molecule has 0 aliphatic heterocycles. The predicted octanol–water partition coefficient (Wildman–Crippen LogP) is 3.68. The molecule has 0 bridgehead atoms. The van der Waals surface area contributed by atoms with Crippen LogP contribution in [0.5, 0.6) is 0 Å². The van der Waals surface area contributed by atoms with Crippen molar-refractivity contribution in [2.75, 3.05) is 5.32 Å². The summed E-state index contributed by atoms with van der Waals surface area (Å²) in [4.78, 5) is 4.58. The number of benzene rings is 2. The lowest BCUT2D eigenvalue weighted by Crippen LogP contribution is -2.05. The van der Waals surface area contributed by atoms with Crippen LogP contribution in [0.1, 0.15) is 5.56 Å². The molecule has 0 radical (unpaired) electrons. The van der Waals surface area contributed by atoms with Gasteiger partial charge in [-0.25, -0.2) is 9.37 Å². The monoisotopic (exact) mass is 327 g/mol. The summed E-state index contributed by atoms with van der Waals surface area (Å²) >= 11 is 6.05. The highest BCUT2D eigenvalue weighted by Gasteiger charge is 2.10. The molecule has 4 rings (SSSR count). The van der Waals surface area contributed by atoms with E-state index >= 15 is 0 Å². The molecule has 0 unspecified atom stereocenters. The van der Waals surface area contributed by atoms with Crippen LogP contribution >= 0.6 is 11.6 Å². The molecule has 114 valence electrons. The predicted molar refractivity (Wildman–Crippen MR) is 87.0 cm³/mol. The average Bonchev–Trinajstić information content (AvgIpc) is 3.04. The van der Waals surface area contributed by atoms with Gasteiger partial charge in [0.1, 0.15) is 12.1 Å². The fourth-order valence-corrected chi connectivity index (χ4v) is 2.60. The molecular formula is C16H11ClFN5. The Morgan fingerprint density at radius 1 is 1.13 bits per heavy atom. The maximum atomic E-state index is 13.0. The van der Waals surface area contributed by atoms with Gasteiger partial charge in [-0.2, -0.15) is 0 Å². The van der Waals surface area contributed by atoms with Crippen LogP contribution in [0.25, 0.3) is 16.7 Å². The summed E-state index contributed by atoms with van der Waals surface area (Å²) < 4.78 is 14.8. The second-order valence-corrected chi connectivity index (χ2v) is 5.53. The van der Waals surface area contributed by atoms with Gasteiger partial charge in [-0.3, -0.25) is 4.40 Å². The first-order chi connectivity index (χ1) is 11.2. The van der Waals surface area contributed by atoms with E-state index in [0.717, 1.165) is 16.6 Å². The van der Waals surface area contributed by atoms with Crippen molar-refractivity contribution in [2.24, 2.45) is 0 Å². The molecule has 2 heterocycles. The number of hydrogen-bond acceptors (Lipinski definition) is 4. The minimum absolute atomic E-state index is 0.255. The Morgan fingerprint density at radius 3 is 2.78 bits per heavy atom. The average molecular weight is 328 g/mol. The van der Waals surface area contributed by atoms with Crippen molar-refractivity contribution in [3.05, 3.63) is 65.2 Å². The van der Waals surface area contributed by atoms with Crippen molar-refractivity contribution in [3.8, 4) is 0 Å². The SMILES string of the molecule is Fc1ccc(CNc2nc3ccc(Cl)cc3n3cnnc23)cc1. The van der Waals surface area contributed by atoms with Gasteiger partial charge in [0.2, 0.25) is 5.65 Å². The molecule has 1 N–H and O–H groups in total. The summed E-state index contributed by atoms with van der Waals surface area (Å²) in [6.45, 7) is 0.509. The van der Waals surface area contributed by atoms with Crippen LogP contribution in [0.2, 0.25) is 5.02 Å². The maximum Gasteiger partial charge on any atom is 0.203 e. The minimum Gasteiger partial charge on any atom is -0.363 e. The topological polar surface area (TPSA) is 55.1 Å². The van der Waals surface area contributed by atoms with Crippen LogP contribution in [-0.4, -0.2) is 19.6 Å². The van der Waals surface area contributed by atoms with Crippen LogP contribution < -0.4 is 5.32 Å². The largest absolute Gasteiger partial charge is 0.363 e. The summed E-state index contributed by atoms with van der Waals surface area (Å²) in [5.74, 6) is 0.357. The molecule has 0 aliphatic rings. The third-order valence-electron chi connectivity index (χ3n) is 3.56. The molecule has 0 saturated carbocycles. The molecule has 7 heteroatoms. The highest BCUT2D eigenvalue weighted by Crippen LogP contribution is 2.23. The van der Waals surface area contributed by atoms with Crippen molar-refractivity contribution in [2.45, 2.75) is 6.54 Å². The van der Waals surface area contributed by atoms with Crippen LogP contribution in [0.15, 0.2) is 48.8 Å². The van der Waals surface area contributed by atoms with Gasteiger partial charge < -0.3 is 5.32 Å². The first-order valence-electron chi connectivity index (χ1n) is 6.98. The fraction of sp³-hybridized carbons (Fsp3) is 0.0625. The summed E-state index contributed by atoms with van der Waals surface area (Å²) in [5, 5.41) is 11.9. The number of halogens is 2. The smallest absolute Gasteiger partial charge is 0.203 e. The van der Waals surface area contributed by atoms with E-state index in [0.29, 0.717) is 23.0 Å². The number of anilines is 1. The Balaban J connectivity index is 1.75. The molecule has 2 aromatic carbocycles. The van der Waals surface area contributed by atoms with Crippen LogP contribution in [0.3, 0.4) is 0 Å². The van der Waals surface area contributed by atoms with Crippen molar-refractivity contribution in [1.29, 1.82) is 0 Å². The normalized spacial score (nSPS) is 11.2. The summed E-state index contributed by atoms with van der Waals surface area (Å²) in [6, 6.07) is 11.8. The molecule has 0 aliphatic carbocycles. The third kappa shape index (κ3) is 2.57. The van der Waals surface area contributed by atoms with E-state index in [4.69, 9.17) is 11.6 Å². The molecule has 4 aromatic rings. The highest BCUT2D eigenvalue weighted by molar-refractivity contribution is 6.31. The zero-order chi connectivity index (χ0) is 15.8. The molecule has 0 amide bonds. The van der Waals surface area contributed by atoms with Crippen molar-refractivity contribution in [3.63, 3.8) is 0 Å². The molecule has 23 heavy (non-hydrogen) atoms. The van der Waals surface area contributed by atoms with Gasteiger partial charge in [-0.15, -0.1) is 10.2 Å². The quantitative estimate of drug-likeness (QED) is 0.623. The number of nitrogens with zero attached hydrogens (tertiary/aromatic N) is 4. The van der Waals surface area contributed by atoms with Crippen molar-refractivity contribution in [1.82, 2.24) is 19.6 Å². The van der Waals surface area contributed by atoms with Crippen molar-refractivity contribution < 1.29 is 4.39 Å². The second kappa shape index (κ2) is 5.48. The third-order valence-corrected chi connectivity index (χ3v) is 3.80. The molecule has 0 atom stereocenters. The van der Waals surface area contributed by atoms with Crippen LogP contribution in [0, 0.1) is 5.82 Å². The van der Waals surface area contributed by atoms with E-state index in [1.807, 2.05) is 16.5 Å².